The fourth-order valence-corrected chi connectivity index (χ4v) is 1.75. The van der Waals surface area contributed by atoms with Crippen molar-refractivity contribution in [1.82, 2.24) is 9.55 Å². The Bertz CT molecular complexity index is 568. The Hall–Kier alpha value is -1.61. The predicted octanol–water partition coefficient (Wildman–Crippen LogP) is -0.409. The molecule has 2 rings (SSSR count). The average Bonchev–Trinajstić information content (AvgIpc) is 2.59. The first-order valence-corrected chi connectivity index (χ1v) is 5.00. The summed E-state index contributed by atoms with van der Waals surface area (Å²) in [5.41, 5.74) is -2.50. The van der Waals surface area contributed by atoms with Crippen molar-refractivity contribution < 1.29 is 23.0 Å². The van der Waals surface area contributed by atoms with Crippen LogP contribution in [0.3, 0.4) is 0 Å². The molecule has 1 aromatic heterocycles. The van der Waals surface area contributed by atoms with Crippen molar-refractivity contribution in [3.8, 4) is 0 Å². The minimum atomic E-state index is -3.44. The molecule has 9 heteroatoms. The molecule has 1 fully saturated rings. The van der Waals surface area contributed by atoms with E-state index in [0.717, 1.165) is 0 Å². The number of ether oxygens (including phenoxy) is 1. The lowest BCUT2D eigenvalue weighted by molar-refractivity contribution is -0.120. The zero-order valence-corrected chi connectivity index (χ0v) is 8.90. The van der Waals surface area contributed by atoms with Gasteiger partial charge in [-0.15, -0.1) is 0 Å². The molecule has 18 heavy (non-hydrogen) atoms. The lowest BCUT2D eigenvalue weighted by atomic mass is 10.2. The van der Waals surface area contributed by atoms with Crippen LogP contribution >= 0.6 is 0 Å². The van der Waals surface area contributed by atoms with Crippen molar-refractivity contribution in [2.24, 2.45) is 0 Å². The Labute approximate surface area is 97.6 Å². The lowest BCUT2D eigenvalue weighted by Gasteiger charge is -2.19. The minimum absolute atomic E-state index is 0.270. The Balaban J connectivity index is 2.46. The molecule has 0 saturated carbocycles. The molecule has 6 nitrogen and oxygen atoms in total. The van der Waals surface area contributed by atoms with Crippen molar-refractivity contribution in [3.05, 3.63) is 32.9 Å². The fourth-order valence-electron chi connectivity index (χ4n) is 1.75. The largest absolute Gasteiger partial charge is 0.394 e. The molecule has 0 aromatic carbocycles. The molecular formula is C9H9F3N2O4. The highest BCUT2D eigenvalue weighted by molar-refractivity contribution is 4.94. The minimum Gasteiger partial charge on any atom is -0.394 e. The third-order valence-electron chi connectivity index (χ3n) is 2.56. The zero-order valence-electron chi connectivity index (χ0n) is 8.90. The molecule has 1 saturated heterocycles. The van der Waals surface area contributed by atoms with Crippen LogP contribution in [0.5, 0.6) is 0 Å². The number of alkyl halides is 2. The number of aliphatic hydroxyl groups is 1. The summed E-state index contributed by atoms with van der Waals surface area (Å²) in [6, 6.07) is 0. The number of H-pyrrole nitrogens is 1. The van der Waals surface area contributed by atoms with E-state index in [0.29, 0.717) is 6.20 Å². The first kappa shape index (κ1) is 12.8. The van der Waals surface area contributed by atoms with Gasteiger partial charge in [-0.05, 0) is 0 Å². The number of aromatic amines is 1. The van der Waals surface area contributed by atoms with Crippen molar-refractivity contribution in [1.29, 1.82) is 0 Å². The van der Waals surface area contributed by atoms with Crippen LogP contribution in [0.1, 0.15) is 12.6 Å². The van der Waals surface area contributed by atoms with Gasteiger partial charge in [-0.25, -0.2) is 13.6 Å². The van der Waals surface area contributed by atoms with E-state index in [-0.39, 0.29) is 4.57 Å². The molecule has 2 atom stereocenters. The topological polar surface area (TPSA) is 84.3 Å². The summed E-state index contributed by atoms with van der Waals surface area (Å²) < 4.78 is 45.1. The van der Waals surface area contributed by atoms with E-state index in [2.05, 4.69) is 0 Å². The zero-order chi connectivity index (χ0) is 13.5. The van der Waals surface area contributed by atoms with Gasteiger partial charge in [-0.2, -0.15) is 4.39 Å². The van der Waals surface area contributed by atoms with Gasteiger partial charge >= 0.3 is 5.69 Å². The van der Waals surface area contributed by atoms with Gasteiger partial charge in [-0.1, -0.05) is 0 Å². The maximum atomic E-state index is 13.5. The normalized spacial score (nSPS) is 26.4. The number of rotatable bonds is 2. The Morgan fingerprint density at radius 2 is 2.22 bits per heavy atom. The van der Waals surface area contributed by atoms with E-state index in [9.17, 15) is 22.8 Å². The van der Waals surface area contributed by atoms with E-state index < -0.39 is 48.3 Å². The number of hydrogen-bond acceptors (Lipinski definition) is 4. The van der Waals surface area contributed by atoms with Crippen LogP contribution in [0.2, 0.25) is 0 Å². The van der Waals surface area contributed by atoms with E-state index in [1.807, 2.05) is 0 Å². The summed E-state index contributed by atoms with van der Waals surface area (Å²) in [6.07, 6.45) is -3.62. The molecule has 1 aliphatic heterocycles. The SMILES string of the molecule is O=c1[nH]c(=O)n(C2OC(CO)CC2(F)F)cc1F. The second kappa shape index (κ2) is 4.25. The van der Waals surface area contributed by atoms with Gasteiger partial charge in [0.2, 0.25) is 12.0 Å². The number of aromatic nitrogens is 2. The number of nitrogens with zero attached hydrogens (tertiary/aromatic N) is 1. The first-order chi connectivity index (χ1) is 8.35. The summed E-state index contributed by atoms with van der Waals surface area (Å²) in [7, 11) is 0. The monoisotopic (exact) mass is 266 g/mol. The molecule has 2 N–H and O–H groups in total. The Kier molecular flexibility index (Phi) is 3.03. The van der Waals surface area contributed by atoms with Crippen LogP contribution in [-0.4, -0.2) is 33.3 Å². The van der Waals surface area contributed by atoms with E-state index in [1.54, 1.807) is 4.98 Å². The van der Waals surface area contributed by atoms with Gasteiger partial charge in [0.15, 0.2) is 0 Å². The third-order valence-corrected chi connectivity index (χ3v) is 2.56. The summed E-state index contributed by atoms with van der Waals surface area (Å²) in [4.78, 5) is 23.7. The van der Waals surface area contributed by atoms with Crippen LogP contribution < -0.4 is 11.2 Å². The van der Waals surface area contributed by atoms with Crippen LogP contribution in [0.25, 0.3) is 0 Å². The smallest absolute Gasteiger partial charge is 0.330 e. The molecule has 1 aliphatic rings. The standard InChI is InChI=1S/C9H9F3N2O4/c10-5-2-14(8(17)13-6(5)16)7-9(11,12)1-4(3-15)18-7/h2,4,7,15H,1,3H2,(H,13,16,17). The second-order valence-corrected chi connectivity index (χ2v) is 3.90. The molecule has 100 valence electrons. The molecule has 0 bridgehead atoms. The van der Waals surface area contributed by atoms with E-state index in [4.69, 9.17) is 9.84 Å². The van der Waals surface area contributed by atoms with Crippen LogP contribution in [0, 0.1) is 5.82 Å². The lowest BCUT2D eigenvalue weighted by Crippen LogP contribution is -2.38. The van der Waals surface area contributed by atoms with Gasteiger partial charge in [0.05, 0.1) is 18.9 Å². The summed E-state index contributed by atoms with van der Waals surface area (Å²) in [6.45, 7) is -0.646. The number of nitrogens with one attached hydrogen (secondary N) is 1. The maximum absolute atomic E-state index is 13.5. The van der Waals surface area contributed by atoms with Crippen molar-refractivity contribution in [2.75, 3.05) is 6.61 Å². The van der Waals surface area contributed by atoms with E-state index >= 15 is 0 Å². The van der Waals surface area contributed by atoms with Gasteiger partial charge in [0.25, 0.3) is 11.5 Å². The van der Waals surface area contributed by atoms with Crippen molar-refractivity contribution >= 4 is 0 Å². The van der Waals surface area contributed by atoms with E-state index in [1.165, 1.54) is 0 Å². The molecule has 0 amide bonds. The Morgan fingerprint density at radius 1 is 1.56 bits per heavy atom. The maximum Gasteiger partial charge on any atom is 0.330 e. The molecular weight excluding hydrogens is 257 g/mol. The summed E-state index contributed by atoms with van der Waals surface area (Å²) >= 11 is 0. The molecule has 2 unspecified atom stereocenters. The molecule has 0 aliphatic carbocycles. The van der Waals surface area contributed by atoms with Crippen LogP contribution in [0.4, 0.5) is 13.2 Å². The van der Waals surface area contributed by atoms with Gasteiger partial charge < -0.3 is 9.84 Å². The molecule has 0 radical (unpaired) electrons. The van der Waals surface area contributed by atoms with Gasteiger partial charge in [0.1, 0.15) is 0 Å². The third kappa shape index (κ3) is 2.06. The van der Waals surface area contributed by atoms with Gasteiger partial charge in [-0.3, -0.25) is 14.3 Å². The first-order valence-electron chi connectivity index (χ1n) is 5.00. The van der Waals surface area contributed by atoms with Gasteiger partial charge in [0, 0.05) is 6.42 Å². The highest BCUT2D eigenvalue weighted by Gasteiger charge is 2.51. The number of halogens is 3. The molecule has 2 heterocycles. The van der Waals surface area contributed by atoms with Crippen LogP contribution in [-0.2, 0) is 4.74 Å². The highest BCUT2D eigenvalue weighted by Crippen LogP contribution is 2.41. The molecule has 1 aromatic rings. The van der Waals surface area contributed by atoms with Crippen molar-refractivity contribution in [3.63, 3.8) is 0 Å². The highest BCUT2D eigenvalue weighted by atomic mass is 19.3. The summed E-state index contributed by atoms with van der Waals surface area (Å²) in [5, 5.41) is 8.75. The quantitative estimate of drug-likeness (QED) is 0.762. The summed E-state index contributed by atoms with van der Waals surface area (Å²) in [5.74, 6) is -4.82. The van der Waals surface area contributed by atoms with Crippen LogP contribution in [0.15, 0.2) is 15.8 Å². The number of aliphatic hydroxyl groups excluding tert-OH is 1. The Morgan fingerprint density at radius 3 is 2.78 bits per heavy atom. The second-order valence-electron chi connectivity index (χ2n) is 3.90. The predicted molar refractivity (Wildman–Crippen MR) is 51.8 cm³/mol. The molecule has 0 spiro atoms. The average molecular weight is 266 g/mol. The number of hydrogen-bond donors (Lipinski definition) is 2. The fraction of sp³-hybridized carbons (Fsp3) is 0.556. The van der Waals surface area contributed by atoms with Crippen molar-refractivity contribution in [2.45, 2.75) is 24.7 Å².